The van der Waals surface area contributed by atoms with Crippen molar-refractivity contribution in [3.8, 4) is 0 Å². The molecule has 0 radical (unpaired) electrons. The Labute approximate surface area is 333 Å². The maximum Gasteiger partial charge on any atom is 0.306 e. The largest absolute Gasteiger partial charge is 0.756 e. The van der Waals surface area contributed by atoms with Gasteiger partial charge in [0.25, 0.3) is 7.82 Å². The molecule has 54 heavy (non-hydrogen) atoms. The van der Waals surface area contributed by atoms with Gasteiger partial charge < -0.3 is 27.9 Å². The van der Waals surface area contributed by atoms with E-state index in [1.165, 1.54) is 83.5 Å². The average Bonchev–Trinajstić information content (AvgIpc) is 3.12. The highest BCUT2D eigenvalue weighted by Crippen LogP contribution is 2.38. The smallest absolute Gasteiger partial charge is 0.306 e. The molecule has 8 nitrogen and oxygen atoms in total. The van der Waals surface area contributed by atoms with Crippen molar-refractivity contribution in [2.45, 2.75) is 180 Å². The van der Waals surface area contributed by atoms with Crippen molar-refractivity contribution in [3.05, 3.63) is 48.6 Å². The molecule has 0 aliphatic carbocycles. The minimum absolute atomic E-state index is 0.0233. The Balaban J connectivity index is 4.22. The number of phosphoric ester groups is 1. The van der Waals surface area contributed by atoms with Gasteiger partial charge in [-0.15, -0.1) is 0 Å². The molecule has 0 saturated carbocycles. The number of phosphoric acid groups is 1. The Morgan fingerprint density at radius 1 is 0.593 bits per heavy atom. The third kappa shape index (κ3) is 41.6. The number of hydrogen-bond acceptors (Lipinski definition) is 7. The van der Waals surface area contributed by atoms with Gasteiger partial charge in [-0.25, -0.2) is 0 Å². The zero-order valence-electron chi connectivity index (χ0n) is 35.7. The fourth-order valence-corrected chi connectivity index (χ4v) is 6.50. The molecule has 0 aliphatic rings. The first-order chi connectivity index (χ1) is 26.1. The van der Waals surface area contributed by atoms with E-state index < -0.39 is 13.9 Å². The van der Waals surface area contributed by atoms with Crippen LogP contribution in [0.3, 0.4) is 0 Å². The number of hydrogen-bond donors (Lipinski definition) is 0. The molecule has 2 unspecified atom stereocenters. The second-order valence-electron chi connectivity index (χ2n) is 15.7. The van der Waals surface area contributed by atoms with E-state index in [1.54, 1.807) is 0 Å². The van der Waals surface area contributed by atoms with Gasteiger partial charge in [-0.2, -0.15) is 0 Å². The van der Waals surface area contributed by atoms with E-state index in [1.807, 2.05) is 21.1 Å². The maximum absolute atomic E-state index is 12.6. The van der Waals surface area contributed by atoms with Crippen molar-refractivity contribution < 1.29 is 37.3 Å². The molecule has 0 saturated heterocycles. The van der Waals surface area contributed by atoms with Gasteiger partial charge in [0.2, 0.25) is 0 Å². The Kier molecular flexibility index (Phi) is 37.2. The van der Waals surface area contributed by atoms with E-state index in [-0.39, 0.29) is 25.8 Å². The molecule has 0 spiro atoms. The van der Waals surface area contributed by atoms with Gasteiger partial charge in [0.05, 0.1) is 34.4 Å². The number of ether oxygens (including phenoxy) is 2. The molecule has 0 fully saturated rings. The standard InChI is InChI=1S/C45H84NO7P/c1-6-8-10-12-14-16-18-20-21-22-23-24-25-26-27-29-31-33-35-37-40-50-42-44(43-52-54(48,49)51-41-39-46(3,4)5)53-45(47)38-36-34-32-30-28-19-17-15-13-11-9-7-2/h8,10,14,16,20-21,23-24,44H,6-7,9,11-13,15,17-19,22,25-43H2,1-5H3/b10-8-,16-14-,21-20-,24-23-. The van der Waals surface area contributed by atoms with Crippen molar-refractivity contribution in [2.24, 2.45) is 0 Å². The first-order valence-corrected chi connectivity index (χ1v) is 23.3. The summed E-state index contributed by atoms with van der Waals surface area (Å²) in [4.78, 5) is 25.0. The van der Waals surface area contributed by atoms with Gasteiger partial charge >= 0.3 is 5.97 Å². The minimum Gasteiger partial charge on any atom is -0.756 e. The van der Waals surface area contributed by atoms with Gasteiger partial charge in [0.1, 0.15) is 19.3 Å². The van der Waals surface area contributed by atoms with Gasteiger partial charge in [-0.3, -0.25) is 9.36 Å². The van der Waals surface area contributed by atoms with Gasteiger partial charge in [0.15, 0.2) is 0 Å². The Hall–Kier alpha value is -1.54. The molecule has 2 atom stereocenters. The molecule has 0 bridgehead atoms. The van der Waals surface area contributed by atoms with Crippen LogP contribution in [-0.2, 0) is 27.9 Å². The number of nitrogens with zero attached hydrogens (tertiary/aromatic N) is 1. The number of rotatable bonds is 40. The SMILES string of the molecule is CC/C=C\C/C=C\C/C=C\C/C=C\CCCCCCCCCOCC(COP(=O)([O-])OCC[N+](C)(C)C)OC(=O)CCCCCCCCCCCCCC. The van der Waals surface area contributed by atoms with E-state index in [0.717, 1.165) is 70.6 Å². The lowest BCUT2D eigenvalue weighted by Gasteiger charge is -2.28. The maximum atomic E-state index is 12.6. The number of likely N-dealkylation sites (N-methyl/N-ethyl adjacent to an activating group) is 1. The monoisotopic (exact) mass is 782 g/mol. The number of quaternary nitrogens is 1. The number of carbonyl (C=O) groups is 1. The molecule has 0 aliphatic heterocycles. The number of allylic oxidation sites excluding steroid dienone is 8. The molecular weight excluding hydrogens is 697 g/mol. The zero-order chi connectivity index (χ0) is 39.9. The highest BCUT2D eigenvalue weighted by atomic mass is 31.2. The predicted molar refractivity (Wildman–Crippen MR) is 226 cm³/mol. The summed E-state index contributed by atoms with van der Waals surface area (Å²) >= 11 is 0. The normalized spacial score (nSPS) is 14.3. The second kappa shape index (κ2) is 38.3. The van der Waals surface area contributed by atoms with Crippen molar-refractivity contribution in [1.82, 2.24) is 0 Å². The zero-order valence-corrected chi connectivity index (χ0v) is 36.6. The lowest BCUT2D eigenvalue weighted by Crippen LogP contribution is -2.37. The Morgan fingerprint density at radius 2 is 1.07 bits per heavy atom. The van der Waals surface area contributed by atoms with Gasteiger partial charge in [-0.1, -0.05) is 165 Å². The lowest BCUT2D eigenvalue weighted by molar-refractivity contribution is -0.870. The summed E-state index contributed by atoms with van der Waals surface area (Å²) < 4.78 is 34.6. The highest BCUT2D eigenvalue weighted by Gasteiger charge is 2.20. The van der Waals surface area contributed by atoms with Crippen LogP contribution in [0, 0.1) is 0 Å². The first-order valence-electron chi connectivity index (χ1n) is 21.9. The van der Waals surface area contributed by atoms with E-state index in [0.29, 0.717) is 24.1 Å². The predicted octanol–water partition coefficient (Wildman–Crippen LogP) is 12.1. The molecule has 0 heterocycles. The van der Waals surface area contributed by atoms with Crippen LogP contribution in [0.5, 0.6) is 0 Å². The van der Waals surface area contributed by atoms with Crippen LogP contribution in [0.4, 0.5) is 0 Å². The molecule has 0 rings (SSSR count). The van der Waals surface area contributed by atoms with E-state index in [2.05, 4.69) is 62.5 Å². The van der Waals surface area contributed by atoms with Crippen LogP contribution in [0.1, 0.15) is 174 Å². The molecule has 316 valence electrons. The molecule has 0 aromatic heterocycles. The van der Waals surface area contributed by atoms with Gasteiger partial charge in [0, 0.05) is 13.0 Å². The van der Waals surface area contributed by atoms with Crippen LogP contribution in [0.2, 0.25) is 0 Å². The molecule has 0 aromatic rings. The van der Waals surface area contributed by atoms with E-state index >= 15 is 0 Å². The summed E-state index contributed by atoms with van der Waals surface area (Å²) in [5, 5.41) is 0. The Morgan fingerprint density at radius 3 is 1.61 bits per heavy atom. The average molecular weight is 782 g/mol. The molecule has 0 amide bonds. The van der Waals surface area contributed by atoms with Crippen LogP contribution in [0.25, 0.3) is 0 Å². The number of esters is 1. The third-order valence-electron chi connectivity index (χ3n) is 9.14. The summed E-state index contributed by atoms with van der Waals surface area (Å²) in [5.74, 6) is -0.340. The summed E-state index contributed by atoms with van der Waals surface area (Å²) in [6, 6.07) is 0. The second-order valence-corrected chi connectivity index (χ2v) is 17.1. The van der Waals surface area contributed by atoms with Crippen LogP contribution in [-0.4, -0.2) is 70.7 Å². The third-order valence-corrected chi connectivity index (χ3v) is 10.1. The van der Waals surface area contributed by atoms with Crippen LogP contribution < -0.4 is 4.89 Å². The summed E-state index contributed by atoms with van der Waals surface area (Å²) in [6.07, 6.45) is 45.5. The van der Waals surface area contributed by atoms with E-state index in [4.69, 9.17) is 18.5 Å². The minimum atomic E-state index is -4.52. The molecular formula is C45H84NO7P. The quantitative estimate of drug-likeness (QED) is 0.0201. The van der Waals surface area contributed by atoms with Crippen LogP contribution >= 0.6 is 7.82 Å². The molecule has 0 aromatic carbocycles. The fourth-order valence-electron chi connectivity index (χ4n) is 5.77. The first kappa shape index (κ1) is 52.5. The van der Waals surface area contributed by atoms with Gasteiger partial charge in [-0.05, 0) is 51.4 Å². The number of carbonyl (C=O) groups excluding carboxylic acids is 1. The molecule has 9 heteroatoms. The van der Waals surface area contributed by atoms with Crippen molar-refractivity contribution in [2.75, 3.05) is 54.1 Å². The lowest BCUT2D eigenvalue weighted by atomic mass is 10.0. The van der Waals surface area contributed by atoms with Crippen molar-refractivity contribution in [3.63, 3.8) is 0 Å². The summed E-state index contributed by atoms with van der Waals surface area (Å²) in [6.45, 7) is 5.27. The molecule has 0 N–H and O–H groups in total. The van der Waals surface area contributed by atoms with E-state index in [9.17, 15) is 14.3 Å². The fraction of sp³-hybridized carbons (Fsp3) is 0.800. The van der Waals surface area contributed by atoms with Crippen molar-refractivity contribution in [1.29, 1.82) is 0 Å². The Bertz CT molecular complexity index is 1000. The van der Waals surface area contributed by atoms with Crippen molar-refractivity contribution >= 4 is 13.8 Å². The number of unbranched alkanes of at least 4 members (excludes halogenated alkanes) is 18. The summed E-state index contributed by atoms with van der Waals surface area (Å²) in [7, 11) is 1.35. The van der Waals surface area contributed by atoms with Crippen LogP contribution in [0.15, 0.2) is 48.6 Å². The highest BCUT2D eigenvalue weighted by molar-refractivity contribution is 7.45. The summed E-state index contributed by atoms with van der Waals surface area (Å²) in [5.41, 5.74) is 0. The topological polar surface area (TPSA) is 94.1 Å².